The molecule has 0 aromatic rings. The van der Waals surface area contributed by atoms with Crippen LogP contribution in [-0.2, 0) is 4.79 Å². The second kappa shape index (κ2) is 6.71. The fourth-order valence-corrected chi connectivity index (χ4v) is 3.35. The van der Waals surface area contributed by atoms with E-state index in [0.29, 0.717) is 17.9 Å². The second-order valence-corrected chi connectivity index (χ2v) is 6.11. The molecule has 0 aromatic carbocycles. The number of hydrogen-bond donors (Lipinski definition) is 1. The molecule has 2 saturated heterocycles. The molecule has 2 heterocycles. The van der Waals surface area contributed by atoms with Crippen molar-refractivity contribution in [3.8, 4) is 0 Å². The van der Waals surface area contributed by atoms with E-state index < -0.39 is 0 Å². The van der Waals surface area contributed by atoms with Crippen LogP contribution < -0.4 is 5.32 Å². The van der Waals surface area contributed by atoms with Gasteiger partial charge < -0.3 is 10.2 Å². The van der Waals surface area contributed by atoms with Gasteiger partial charge in [-0.1, -0.05) is 26.7 Å². The van der Waals surface area contributed by atoms with Crippen molar-refractivity contribution >= 4 is 5.91 Å². The molecular weight excluding hydrogens is 238 g/mol. The standard InChI is InChI=1S/C15H29N3O/c1-3-15(4-2)5-9-17(10-6-15)13-14(19)18-11-7-16-8-12-18/h16H,3-13H2,1-2H3. The van der Waals surface area contributed by atoms with E-state index in [1.807, 2.05) is 4.90 Å². The molecule has 0 aromatic heterocycles. The first kappa shape index (κ1) is 14.8. The molecule has 0 bridgehead atoms. The number of piperidine rings is 1. The molecule has 0 radical (unpaired) electrons. The first-order chi connectivity index (χ1) is 9.19. The minimum atomic E-state index is 0.321. The van der Waals surface area contributed by atoms with Crippen molar-refractivity contribution in [1.82, 2.24) is 15.1 Å². The van der Waals surface area contributed by atoms with Crippen LogP contribution >= 0.6 is 0 Å². The molecule has 1 N–H and O–H groups in total. The molecule has 0 unspecified atom stereocenters. The third-order valence-electron chi connectivity index (χ3n) is 5.25. The summed E-state index contributed by atoms with van der Waals surface area (Å²) in [4.78, 5) is 16.6. The van der Waals surface area contributed by atoms with Crippen LogP contribution in [0.5, 0.6) is 0 Å². The molecule has 4 nitrogen and oxygen atoms in total. The first-order valence-corrected chi connectivity index (χ1v) is 7.90. The molecule has 2 aliphatic rings. The van der Waals surface area contributed by atoms with E-state index in [0.717, 1.165) is 39.3 Å². The van der Waals surface area contributed by atoms with Crippen molar-refractivity contribution in [2.45, 2.75) is 39.5 Å². The zero-order valence-electron chi connectivity index (χ0n) is 12.6. The van der Waals surface area contributed by atoms with Gasteiger partial charge in [-0.2, -0.15) is 0 Å². The predicted molar refractivity (Wildman–Crippen MR) is 78.1 cm³/mol. The van der Waals surface area contributed by atoms with E-state index in [2.05, 4.69) is 24.1 Å². The van der Waals surface area contributed by atoms with Gasteiger partial charge in [0.2, 0.25) is 5.91 Å². The Bertz CT molecular complexity index is 286. The van der Waals surface area contributed by atoms with Gasteiger partial charge in [0, 0.05) is 26.2 Å². The highest BCUT2D eigenvalue weighted by molar-refractivity contribution is 5.78. The smallest absolute Gasteiger partial charge is 0.236 e. The minimum absolute atomic E-state index is 0.321. The maximum Gasteiger partial charge on any atom is 0.236 e. The topological polar surface area (TPSA) is 35.6 Å². The largest absolute Gasteiger partial charge is 0.339 e. The van der Waals surface area contributed by atoms with E-state index in [1.165, 1.54) is 25.7 Å². The first-order valence-electron chi connectivity index (χ1n) is 7.90. The van der Waals surface area contributed by atoms with Crippen LogP contribution in [0.4, 0.5) is 0 Å². The van der Waals surface area contributed by atoms with Gasteiger partial charge >= 0.3 is 0 Å². The summed E-state index contributed by atoms with van der Waals surface area (Å²) >= 11 is 0. The van der Waals surface area contributed by atoms with Crippen molar-refractivity contribution < 1.29 is 4.79 Å². The Hall–Kier alpha value is -0.610. The molecule has 1 amide bonds. The predicted octanol–water partition coefficient (Wildman–Crippen LogP) is 1.32. The molecule has 0 saturated carbocycles. The summed E-state index contributed by atoms with van der Waals surface area (Å²) in [6.45, 7) is 11.1. The van der Waals surface area contributed by atoms with Crippen LogP contribution in [0.1, 0.15) is 39.5 Å². The highest BCUT2D eigenvalue weighted by atomic mass is 16.2. The van der Waals surface area contributed by atoms with Gasteiger partial charge in [0.1, 0.15) is 0 Å². The van der Waals surface area contributed by atoms with Gasteiger partial charge in [0.25, 0.3) is 0 Å². The van der Waals surface area contributed by atoms with E-state index in [1.54, 1.807) is 0 Å². The Labute approximate surface area is 117 Å². The van der Waals surface area contributed by atoms with Gasteiger partial charge in [-0.05, 0) is 31.3 Å². The van der Waals surface area contributed by atoms with Gasteiger partial charge in [0.15, 0.2) is 0 Å². The third kappa shape index (κ3) is 3.69. The van der Waals surface area contributed by atoms with Gasteiger partial charge in [0.05, 0.1) is 6.54 Å². The summed E-state index contributed by atoms with van der Waals surface area (Å²) in [6, 6.07) is 0. The number of rotatable bonds is 4. The average Bonchev–Trinajstić information content (AvgIpc) is 2.49. The fourth-order valence-electron chi connectivity index (χ4n) is 3.35. The molecule has 4 heteroatoms. The number of amides is 1. The Morgan fingerprint density at radius 3 is 2.16 bits per heavy atom. The van der Waals surface area contributed by atoms with Crippen LogP contribution in [0.2, 0.25) is 0 Å². The zero-order chi connectivity index (χ0) is 13.7. The van der Waals surface area contributed by atoms with Crippen molar-refractivity contribution in [2.24, 2.45) is 5.41 Å². The molecule has 2 fully saturated rings. The van der Waals surface area contributed by atoms with E-state index in [9.17, 15) is 4.79 Å². The van der Waals surface area contributed by atoms with E-state index in [4.69, 9.17) is 0 Å². The van der Waals surface area contributed by atoms with Crippen LogP contribution in [0.15, 0.2) is 0 Å². The molecule has 110 valence electrons. The number of hydrogen-bond acceptors (Lipinski definition) is 3. The minimum Gasteiger partial charge on any atom is -0.339 e. The summed E-state index contributed by atoms with van der Waals surface area (Å²) in [5, 5.41) is 3.29. The lowest BCUT2D eigenvalue weighted by Crippen LogP contribution is -2.51. The maximum absolute atomic E-state index is 12.2. The maximum atomic E-state index is 12.2. The number of nitrogens with zero attached hydrogens (tertiary/aromatic N) is 2. The lowest BCUT2D eigenvalue weighted by molar-refractivity contribution is -0.133. The summed E-state index contributed by atoms with van der Waals surface area (Å²) < 4.78 is 0. The number of nitrogens with one attached hydrogen (secondary N) is 1. The van der Waals surface area contributed by atoms with Gasteiger partial charge in [-0.3, -0.25) is 9.69 Å². The molecule has 0 spiro atoms. The second-order valence-electron chi connectivity index (χ2n) is 6.11. The lowest BCUT2D eigenvalue weighted by atomic mass is 9.74. The normalized spacial score (nSPS) is 24.4. The number of piperazine rings is 1. The van der Waals surface area contributed by atoms with E-state index in [-0.39, 0.29) is 0 Å². The van der Waals surface area contributed by atoms with Crippen molar-refractivity contribution in [3.05, 3.63) is 0 Å². The average molecular weight is 267 g/mol. The Balaban J connectivity index is 1.77. The molecule has 2 rings (SSSR count). The van der Waals surface area contributed by atoms with Crippen molar-refractivity contribution in [3.63, 3.8) is 0 Å². The fraction of sp³-hybridized carbons (Fsp3) is 0.933. The summed E-state index contributed by atoms with van der Waals surface area (Å²) in [6.07, 6.45) is 5.08. The lowest BCUT2D eigenvalue weighted by Gasteiger charge is -2.41. The van der Waals surface area contributed by atoms with Gasteiger partial charge in [-0.15, -0.1) is 0 Å². The quantitative estimate of drug-likeness (QED) is 0.834. The molecule has 19 heavy (non-hydrogen) atoms. The Morgan fingerprint density at radius 2 is 1.63 bits per heavy atom. The Kier molecular flexibility index (Phi) is 5.22. The molecule has 2 aliphatic heterocycles. The Morgan fingerprint density at radius 1 is 1.05 bits per heavy atom. The van der Waals surface area contributed by atoms with E-state index >= 15 is 0 Å². The number of likely N-dealkylation sites (tertiary alicyclic amines) is 1. The highest BCUT2D eigenvalue weighted by Gasteiger charge is 2.32. The summed E-state index contributed by atoms with van der Waals surface area (Å²) in [5.74, 6) is 0.321. The summed E-state index contributed by atoms with van der Waals surface area (Å²) in [5.41, 5.74) is 0.550. The third-order valence-corrected chi connectivity index (χ3v) is 5.25. The van der Waals surface area contributed by atoms with Crippen LogP contribution in [-0.4, -0.2) is 61.5 Å². The number of carbonyl (C=O) groups is 1. The SMILES string of the molecule is CCC1(CC)CCN(CC(=O)N2CCNCC2)CC1. The van der Waals surface area contributed by atoms with Crippen LogP contribution in [0.3, 0.4) is 0 Å². The van der Waals surface area contributed by atoms with Crippen LogP contribution in [0.25, 0.3) is 0 Å². The van der Waals surface area contributed by atoms with Gasteiger partial charge in [-0.25, -0.2) is 0 Å². The molecular formula is C15H29N3O. The van der Waals surface area contributed by atoms with Crippen molar-refractivity contribution in [2.75, 3.05) is 45.8 Å². The molecule has 0 aliphatic carbocycles. The summed E-state index contributed by atoms with van der Waals surface area (Å²) in [7, 11) is 0. The number of carbonyl (C=O) groups excluding carboxylic acids is 1. The monoisotopic (exact) mass is 267 g/mol. The van der Waals surface area contributed by atoms with Crippen molar-refractivity contribution in [1.29, 1.82) is 0 Å². The molecule has 0 atom stereocenters. The highest BCUT2D eigenvalue weighted by Crippen LogP contribution is 2.37. The zero-order valence-corrected chi connectivity index (χ0v) is 12.6. The van der Waals surface area contributed by atoms with Crippen LogP contribution in [0, 0.1) is 5.41 Å².